The van der Waals surface area contributed by atoms with Gasteiger partial charge in [-0.2, -0.15) is 0 Å². The van der Waals surface area contributed by atoms with Crippen LogP contribution in [0.1, 0.15) is 39.5 Å². The fourth-order valence-electron chi connectivity index (χ4n) is 1.60. The van der Waals surface area contributed by atoms with E-state index in [4.69, 9.17) is 4.84 Å². The monoisotopic (exact) mass is 214 g/mol. The Morgan fingerprint density at radius 3 is 3.00 bits per heavy atom. The van der Waals surface area contributed by atoms with Crippen molar-refractivity contribution in [3.05, 3.63) is 0 Å². The summed E-state index contributed by atoms with van der Waals surface area (Å²) in [7, 11) is 0. The summed E-state index contributed by atoms with van der Waals surface area (Å²) in [4.78, 5) is 16.7. The maximum Gasteiger partial charge on any atom is 0.260 e. The van der Waals surface area contributed by atoms with Crippen LogP contribution < -0.4 is 10.8 Å². The number of carbonyl (C=O) groups excluding carboxylic acids is 1. The second-order valence-electron chi connectivity index (χ2n) is 4.53. The van der Waals surface area contributed by atoms with E-state index in [0.717, 1.165) is 25.8 Å². The van der Waals surface area contributed by atoms with Crippen molar-refractivity contribution in [2.75, 3.05) is 13.2 Å². The van der Waals surface area contributed by atoms with Gasteiger partial charge in [0.2, 0.25) is 0 Å². The summed E-state index contributed by atoms with van der Waals surface area (Å²) in [5, 5.41) is 3.23. The number of amides is 1. The summed E-state index contributed by atoms with van der Waals surface area (Å²) in [6.45, 7) is 5.60. The van der Waals surface area contributed by atoms with E-state index in [2.05, 4.69) is 24.6 Å². The molecule has 1 unspecified atom stereocenters. The summed E-state index contributed by atoms with van der Waals surface area (Å²) >= 11 is 0. The minimum absolute atomic E-state index is 0.0300. The van der Waals surface area contributed by atoms with Crippen molar-refractivity contribution in [1.82, 2.24) is 10.8 Å². The van der Waals surface area contributed by atoms with Crippen LogP contribution in [0.25, 0.3) is 0 Å². The maximum atomic E-state index is 11.6. The second-order valence-corrected chi connectivity index (χ2v) is 4.53. The Kier molecular flexibility index (Phi) is 5.65. The van der Waals surface area contributed by atoms with Crippen molar-refractivity contribution in [2.24, 2.45) is 5.92 Å². The SMILES string of the molecule is CC(C)CONC(=O)C1CCCCCN1. The summed E-state index contributed by atoms with van der Waals surface area (Å²) in [5.74, 6) is 0.407. The number of carbonyl (C=O) groups is 1. The Morgan fingerprint density at radius 1 is 1.47 bits per heavy atom. The number of hydrogen-bond acceptors (Lipinski definition) is 3. The normalized spacial score (nSPS) is 22.5. The molecule has 0 aromatic heterocycles. The van der Waals surface area contributed by atoms with Crippen molar-refractivity contribution >= 4 is 5.91 Å². The van der Waals surface area contributed by atoms with Crippen LogP contribution in [-0.4, -0.2) is 25.1 Å². The molecule has 1 aliphatic rings. The van der Waals surface area contributed by atoms with E-state index in [1.807, 2.05) is 0 Å². The fraction of sp³-hybridized carbons (Fsp3) is 0.909. The van der Waals surface area contributed by atoms with Crippen LogP contribution in [0.2, 0.25) is 0 Å². The lowest BCUT2D eigenvalue weighted by Gasteiger charge is -2.15. The van der Waals surface area contributed by atoms with Gasteiger partial charge in [0.05, 0.1) is 12.6 Å². The minimum atomic E-state index is -0.0698. The van der Waals surface area contributed by atoms with Gasteiger partial charge >= 0.3 is 0 Å². The highest BCUT2D eigenvalue weighted by Crippen LogP contribution is 2.08. The molecule has 4 heteroatoms. The van der Waals surface area contributed by atoms with Gasteiger partial charge in [-0.15, -0.1) is 0 Å². The summed E-state index contributed by atoms with van der Waals surface area (Å²) < 4.78 is 0. The maximum absolute atomic E-state index is 11.6. The molecule has 1 saturated heterocycles. The van der Waals surface area contributed by atoms with Crippen LogP contribution in [0.4, 0.5) is 0 Å². The number of nitrogens with one attached hydrogen (secondary N) is 2. The molecule has 0 aliphatic carbocycles. The molecule has 0 bridgehead atoms. The van der Waals surface area contributed by atoms with Crippen molar-refractivity contribution in [3.8, 4) is 0 Å². The molecule has 1 atom stereocenters. The molecule has 1 aliphatic heterocycles. The predicted octanol–water partition coefficient (Wildman–Crippen LogP) is 1.22. The lowest BCUT2D eigenvalue weighted by molar-refractivity contribution is -0.136. The third-order valence-corrected chi connectivity index (χ3v) is 2.47. The molecule has 1 fully saturated rings. The van der Waals surface area contributed by atoms with E-state index in [-0.39, 0.29) is 11.9 Å². The van der Waals surface area contributed by atoms with Gasteiger partial charge in [0.25, 0.3) is 5.91 Å². The second kappa shape index (κ2) is 6.80. The first-order chi connectivity index (χ1) is 7.20. The molecule has 1 heterocycles. The van der Waals surface area contributed by atoms with Gasteiger partial charge in [-0.3, -0.25) is 9.63 Å². The smallest absolute Gasteiger partial charge is 0.260 e. The number of hydroxylamine groups is 1. The number of rotatable bonds is 4. The van der Waals surface area contributed by atoms with E-state index >= 15 is 0 Å². The van der Waals surface area contributed by atoms with Gasteiger partial charge in [-0.25, -0.2) is 5.48 Å². The molecule has 0 saturated carbocycles. The molecule has 2 N–H and O–H groups in total. The van der Waals surface area contributed by atoms with E-state index in [1.54, 1.807) is 0 Å². The fourth-order valence-corrected chi connectivity index (χ4v) is 1.60. The van der Waals surface area contributed by atoms with Crippen LogP contribution in [0.5, 0.6) is 0 Å². The Hall–Kier alpha value is -0.610. The average Bonchev–Trinajstić information content (AvgIpc) is 2.44. The van der Waals surface area contributed by atoms with E-state index in [1.165, 1.54) is 6.42 Å². The Labute approximate surface area is 91.7 Å². The quantitative estimate of drug-likeness (QED) is 0.692. The standard InChI is InChI=1S/C11H22N2O2/c1-9(2)8-15-13-11(14)10-6-4-3-5-7-12-10/h9-10,12H,3-8H2,1-2H3,(H,13,14). The third-order valence-electron chi connectivity index (χ3n) is 2.47. The van der Waals surface area contributed by atoms with E-state index in [9.17, 15) is 4.79 Å². The highest BCUT2D eigenvalue weighted by atomic mass is 16.7. The van der Waals surface area contributed by atoms with Crippen LogP contribution >= 0.6 is 0 Å². The molecule has 15 heavy (non-hydrogen) atoms. The van der Waals surface area contributed by atoms with Gasteiger partial charge in [-0.1, -0.05) is 26.7 Å². The molecule has 1 amide bonds. The van der Waals surface area contributed by atoms with Gasteiger partial charge < -0.3 is 5.32 Å². The van der Waals surface area contributed by atoms with Crippen LogP contribution in [0.15, 0.2) is 0 Å². The molecular weight excluding hydrogens is 192 g/mol. The lowest BCUT2D eigenvalue weighted by atomic mass is 10.1. The molecule has 0 radical (unpaired) electrons. The largest absolute Gasteiger partial charge is 0.306 e. The predicted molar refractivity (Wildman–Crippen MR) is 59.2 cm³/mol. The van der Waals surface area contributed by atoms with Crippen molar-refractivity contribution in [3.63, 3.8) is 0 Å². The first-order valence-corrected chi connectivity index (χ1v) is 5.85. The Bertz CT molecular complexity index is 187. The highest BCUT2D eigenvalue weighted by Gasteiger charge is 2.19. The zero-order valence-corrected chi connectivity index (χ0v) is 9.71. The van der Waals surface area contributed by atoms with Gasteiger partial charge in [0, 0.05) is 0 Å². The Morgan fingerprint density at radius 2 is 2.27 bits per heavy atom. The summed E-state index contributed by atoms with van der Waals surface area (Å²) in [5.41, 5.74) is 2.51. The highest BCUT2D eigenvalue weighted by molar-refractivity contribution is 5.80. The number of hydrogen-bond donors (Lipinski definition) is 2. The van der Waals surface area contributed by atoms with Crippen molar-refractivity contribution in [1.29, 1.82) is 0 Å². The molecule has 0 aromatic rings. The van der Waals surface area contributed by atoms with Gasteiger partial charge in [0.1, 0.15) is 0 Å². The van der Waals surface area contributed by atoms with Crippen LogP contribution in [0.3, 0.4) is 0 Å². The molecule has 0 spiro atoms. The topological polar surface area (TPSA) is 50.4 Å². The zero-order chi connectivity index (χ0) is 11.1. The van der Waals surface area contributed by atoms with Gasteiger partial charge in [-0.05, 0) is 25.3 Å². The van der Waals surface area contributed by atoms with Gasteiger partial charge in [0.15, 0.2) is 0 Å². The average molecular weight is 214 g/mol. The third kappa shape index (κ3) is 5.14. The molecule has 88 valence electrons. The van der Waals surface area contributed by atoms with E-state index < -0.39 is 0 Å². The van der Waals surface area contributed by atoms with Crippen LogP contribution in [-0.2, 0) is 9.63 Å². The first-order valence-electron chi connectivity index (χ1n) is 5.85. The molecular formula is C11H22N2O2. The Balaban J connectivity index is 2.19. The van der Waals surface area contributed by atoms with E-state index in [0.29, 0.717) is 12.5 Å². The van der Waals surface area contributed by atoms with Crippen molar-refractivity contribution in [2.45, 2.75) is 45.6 Å². The summed E-state index contributed by atoms with van der Waals surface area (Å²) in [6, 6.07) is -0.0698. The first kappa shape index (κ1) is 12.5. The van der Waals surface area contributed by atoms with Crippen LogP contribution in [0, 0.1) is 5.92 Å². The summed E-state index contributed by atoms with van der Waals surface area (Å²) in [6.07, 6.45) is 4.41. The zero-order valence-electron chi connectivity index (χ0n) is 9.71. The molecule has 1 rings (SSSR count). The molecule has 0 aromatic carbocycles. The molecule has 4 nitrogen and oxygen atoms in total. The minimum Gasteiger partial charge on any atom is -0.306 e. The van der Waals surface area contributed by atoms with Crippen molar-refractivity contribution < 1.29 is 9.63 Å². The lowest BCUT2D eigenvalue weighted by Crippen LogP contribution is -2.44.